The first-order chi connectivity index (χ1) is 14.5. The molecule has 1 aliphatic rings. The minimum Gasteiger partial charge on any atom is -0.507 e. The third-order valence-corrected chi connectivity index (χ3v) is 5.47. The summed E-state index contributed by atoms with van der Waals surface area (Å²) in [6.07, 6.45) is 2.42. The minimum atomic E-state index is -0.692. The Morgan fingerprint density at radius 2 is 1.73 bits per heavy atom. The van der Waals surface area contributed by atoms with E-state index in [2.05, 4.69) is 6.92 Å². The molecule has 0 saturated carbocycles. The zero-order chi connectivity index (χ0) is 21.3. The lowest BCUT2D eigenvalue weighted by Gasteiger charge is -2.24. The lowest BCUT2D eigenvalue weighted by Crippen LogP contribution is -2.29. The number of Topliss-reactive ketones (excluding diaryl/α,β-unsaturated/α-hetero) is 1. The van der Waals surface area contributed by atoms with Crippen molar-refractivity contribution >= 4 is 17.4 Å². The van der Waals surface area contributed by atoms with E-state index >= 15 is 0 Å². The number of ketones is 1. The molecule has 1 atom stereocenters. The Morgan fingerprint density at radius 3 is 2.33 bits per heavy atom. The van der Waals surface area contributed by atoms with E-state index in [1.807, 2.05) is 43.3 Å². The lowest BCUT2D eigenvalue weighted by atomic mass is 9.94. The van der Waals surface area contributed by atoms with Crippen molar-refractivity contribution in [3.63, 3.8) is 0 Å². The van der Waals surface area contributed by atoms with Crippen molar-refractivity contribution in [1.82, 2.24) is 4.90 Å². The molecule has 0 spiro atoms. The zero-order valence-corrected chi connectivity index (χ0v) is 17.0. The first-order valence-electron chi connectivity index (χ1n) is 9.96. The molecule has 1 saturated heterocycles. The minimum absolute atomic E-state index is 0.0969. The average Bonchev–Trinajstić information content (AvgIpc) is 3.36. The van der Waals surface area contributed by atoms with Crippen LogP contribution in [0.1, 0.15) is 41.0 Å². The van der Waals surface area contributed by atoms with Gasteiger partial charge in [-0.3, -0.25) is 9.59 Å². The first-order valence-corrected chi connectivity index (χ1v) is 9.96. The number of likely N-dealkylation sites (tertiary alicyclic amines) is 1. The fourth-order valence-corrected chi connectivity index (χ4v) is 3.76. The van der Waals surface area contributed by atoms with Crippen LogP contribution >= 0.6 is 0 Å². The second-order valence-electron chi connectivity index (χ2n) is 7.47. The third-order valence-electron chi connectivity index (χ3n) is 5.47. The van der Waals surface area contributed by atoms with Crippen molar-refractivity contribution in [3.8, 4) is 0 Å². The predicted octanol–water partition coefficient (Wildman–Crippen LogP) is 4.77. The molecule has 1 N–H and O–H groups in total. The predicted molar refractivity (Wildman–Crippen MR) is 114 cm³/mol. The maximum absolute atomic E-state index is 13.0. The van der Waals surface area contributed by atoms with Gasteiger partial charge in [-0.25, -0.2) is 0 Å². The Hall–Kier alpha value is -3.60. The van der Waals surface area contributed by atoms with E-state index in [0.29, 0.717) is 11.3 Å². The van der Waals surface area contributed by atoms with Crippen LogP contribution < -0.4 is 0 Å². The number of amides is 1. The van der Waals surface area contributed by atoms with Crippen LogP contribution in [-0.4, -0.2) is 21.7 Å². The normalized spacial score (nSPS) is 18.2. The van der Waals surface area contributed by atoms with Crippen molar-refractivity contribution in [2.24, 2.45) is 0 Å². The monoisotopic (exact) mass is 401 g/mol. The summed E-state index contributed by atoms with van der Waals surface area (Å²) in [7, 11) is 0. The quantitative estimate of drug-likeness (QED) is 0.380. The molecule has 1 unspecified atom stereocenters. The number of aryl methyl sites for hydroxylation is 2. The molecule has 1 amide bonds. The van der Waals surface area contributed by atoms with Gasteiger partial charge in [-0.2, -0.15) is 0 Å². The average molecular weight is 401 g/mol. The van der Waals surface area contributed by atoms with Crippen molar-refractivity contribution in [3.05, 3.63) is 101 Å². The number of rotatable bonds is 5. The Labute approximate surface area is 175 Å². The largest absolute Gasteiger partial charge is 0.507 e. The van der Waals surface area contributed by atoms with E-state index in [1.54, 1.807) is 24.3 Å². The summed E-state index contributed by atoms with van der Waals surface area (Å²) in [4.78, 5) is 27.4. The van der Waals surface area contributed by atoms with E-state index in [4.69, 9.17) is 4.42 Å². The molecule has 2 heterocycles. The summed E-state index contributed by atoms with van der Waals surface area (Å²) in [5.41, 5.74) is 3.56. The molecular weight excluding hydrogens is 378 g/mol. The number of aliphatic hydroxyl groups is 1. The highest BCUT2D eigenvalue weighted by Crippen LogP contribution is 2.40. The molecule has 3 aromatic rings. The molecular formula is C25H23NO4. The molecule has 1 aliphatic heterocycles. The number of hydrogen-bond acceptors (Lipinski definition) is 4. The number of benzene rings is 2. The van der Waals surface area contributed by atoms with Gasteiger partial charge in [-0.15, -0.1) is 0 Å². The zero-order valence-electron chi connectivity index (χ0n) is 17.0. The van der Waals surface area contributed by atoms with Crippen LogP contribution in [0.25, 0.3) is 5.76 Å². The first kappa shape index (κ1) is 19.7. The maximum atomic E-state index is 13.0. The highest BCUT2D eigenvalue weighted by molar-refractivity contribution is 6.46. The second kappa shape index (κ2) is 8.03. The SMILES string of the molecule is CCc1ccc(C2/C(=C(/O)c3ccc(C)cc3)C(=O)C(=O)N2Cc2ccco2)cc1. The van der Waals surface area contributed by atoms with Gasteiger partial charge in [-0.05, 0) is 36.6 Å². The third kappa shape index (κ3) is 3.54. The molecule has 4 rings (SSSR count). The number of nitrogens with zero attached hydrogens (tertiary/aromatic N) is 1. The van der Waals surface area contributed by atoms with Gasteiger partial charge < -0.3 is 14.4 Å². The maximum Gasteiger partial charge on any atom is 0.296 e. The van der Waals surface area contributed by atoms with Crippen molar-refractivity contribution in [2.45, 2.75) is 32.9 Å². The van der Waals surface area contributed by atoms with Gasteiger partial charge in [0.1, 0.15) is 11.5 Å². The van der Waals surface area contributed by atoms with Gasteiger partial charge in [0.25, 0.3) is 11.7 Å². The highest BCUT2D eigenvalue weighted by Gasteiger charge is 2.46. The van der Waals surface area contributed by atoms with Crippen LogP contribution in [0.2, 0.25) is 0 Å². The fraction of sp³-hybridized carbons (Fsp3) is 0.200. The van der Waals surface area contributed by atoms with E-state index in [0.717, 1.165) is 23.1 Å². The molecule has 2 aromatic carbocycles. The number of furan rings is 1. The van der Waals surface area contributed by atoms with Gasteiger partial charge in [0.05, 0.1) is 24.4 Å². The molecule has 5 nitrogen and oxygen atoms in total. The summed E-state index contributed by atoms with van der Waals surface area (Å²) in [5.74, 6) is -0.934. The molecule has 5 heteroatoms. The fourth-order valence-electron chi connectivity index (χ4n) is 3.76. The van der Waals surface area contributed by atoms with Crippen LogP contribution in [0.4, 0.5) is 0 Å². The van der Waals surface area contributed by atoms with E-state index in [9.17, 15) is 14.7 Å². The van der Waals surface area contributed by atoms with Gasteiger partial charge in [0.2, 0.25) is 0 Å². The molecule has 1 fully saturated rings. The Kier molecular flexibility index (Phi) is 5.27. The van der Waals surface area contributed by atoms with Crippen LogP contribution in [0, 0.1) is 6.92 Å². The Morgan fingerprint density at radius 1 is 1.03 bits per heavy atom. The van der Waals surface area contributed by atoms with E-state index in [-0.39, 0.29) is 17.9 Å². The molecule has 0 bridgehead atoms. The summed E-state index contributed by atoms with van der Waals surface area (Å²) in [6.45, 7) is 4.15. The summed E-state index contributed by atoms with van der Waals surface area (Å²) in [6, 6.07) is 17.8. The summed E-state index contributed by atoms with van der Waals surface area (Å²) in [5, 5.41) is 11.0. The van der Waals surface area contributed by atoms with Crippen LogP contribution in [-0.2, 0) is 22.6 Å². The Balaban J connectivity index is 1.85. The van der Waals surface area contributed by atoms with Crippen LogP contribution in [0.3, 0.4) is 0 Å². The van der Waals surface area contributed by atoms with Crippen molar-refractivity contribution < 1.29 is 19.1 Å². The van der Waals surface area contributed by atoms with Gasteiger partial charge >= 0.3 is 0 Å². The van der Waals surface area contributed by atoms with Gasteiger partial charge in [-0.1, -0.05) is 61.0 Å². The molecule has 1 aromatic heterocycles. The molecule has 0 radical (unpaired) electrons. The number of carbonyl (C=O) groups is 2. The topological polar surface area (TPSA) is 70.8 Å². The molecule has 0 aliphatic carbocycles. The van der Waals surface area contributed by atoms with Crippen LogP contribution in [0.5, 0.6) is 0 Å². The van der Waals surface area contributed by atoms with Crippen molar-refractivity contribution in [1.29, 1.82) is 0 Å². The smallest absolute Gasteiger partial charge is 0.296 e. The summed E-state index contributed by atoms with van der Waals surface area (Å²) >= 11 is 0. The molecule has 30 heavy (non-hydrogen) atoms. The number of carbonyl (C=O) groups excluding carboxylic acids is 2. The van der Waals surface area contributed by atoms with E-state index < -0.39 is 17.7 Å². The van der Waals surface area contributed by atoms with E-state index in [1.165, 1.54) is 11.2 Å². The van der Waals surface area contributed by atoms with Crippen LogP contribution in [0.15, 0.2) is 76.9 Å². The van der Waals surface area contributed by atoms with Gasteiger partial charge in [0.15, 0.2) is 0 Å². The van der Waals surface area contributed by atoms with Crippen molar-refractivity contribution in [2.75, 3.05) is 0 Å². The molecule has 152 valence electrons. The second-order valence-corrected chi connectivity index (χ2v) is 7.47. The number of hydrogen-bond donors (Lipinski definition) is 1. The Bertz CT molecular complexity index is 1090. The standard InChI is InChI=1S/C25H23NO4/c1-3-17-8-12-18(13-9-17)22-21(23(27)19-10-6-16(2)7-11-19)24(28)25(29)26(22)15-20-5-4-14-30-20/h4-14,22,27H,3,15H2,1-2H3/b23-21-. The highest BCUT2D eigenvalue weighted by atomic mass is 16.3. The van der Waals surface area contributed by atoms with Gasteiger partial charge in [0, 0.05) is 5.56 Å². The lowest BCUT2D eigenvalue weighted by molar-refractivity contribution is -0.140. The number of aliphatic hydroxyl groups excluding tert-OH is 1. The summed E-state index contributed by atoms with van der Waals surface area (Å²) < 4.78 is 5.41.